The van der Waals surface area contributed by atoms with Crippen molar-refractivity contribution in [1.82, 2.24) is 4.72 Å². The van der Waals surface area contributed by atoms with E-state index < -0.39 is 33.7 Å². The highest BCUT2D eigenvalue weighted by Gasteiger charge is 2.32. The molecule has 0 radical (unpaired) electrons. The first kappa shape index (κ1) is 24.0. The molecule has 34 heavy (non-hydrogen) atoms. The quantitative estimate of drug-likeness (QED) is 0.517. The van der Waals surface area contributed by atoms with E-state index in [0.717, 1.165) is 5.39 Å². The summed E-state index contributed by atoms with van der Waals surface area (Å²) in [5.74, 6) is -0.959. The standard InChI is InChI=1S/C24H28N2O7S/c1-14(2)21(22(27)33-24(3,4)5)25-34(29,30)16-7-8-17-18-12-15(26-10-11-31-23(26)28)6-9-19(18)32-20(17)13-16/h6-9,12-14,21,25H,10-11H2,1-5H3/t21-/m0/s1. The van der Waals surface area contributed by atoms with Crippen molar-refractivity contribution in [1.29, 1.82) is 0 Å². The molecule has 10 heteroatoms. The van der Waals surface area contributed by atoms with Crippen LogP contribution in [0.3, 0.4) is 0 Å². The molecule has 1 atom stereocenters. The minimum Gasteiger partial charge on any atom is -0.459 e. The zero-order valence-electron chi connectivity index (χ0n) is 19.7. The van der Waals surface area contributed by atoms with Crippen LogP contribution in [0.25, 0.3) is 21.9 Å². The van der Waals surface area contributed by atoms with Gasteiger partial charge < -0.3 is 13.9 Å². The molecule has 4 rings (SSSR count). The molecule has 1 fully saturated rings. The van der Waals surface area contributed by atoms with E-state index in [1.54, 1.807) is 52.8 Å². The lowest BCUT2D eigenvalue weighted by molar-refractivity contribution is -0.158. The smallest absolute Gasteiger partial charge is 0.414 e. The molecule has 1 saturated heterocycles. The van der Waals surface area contributed by atoms with Crippen LogP contribution in [0.1, 0.15) is 34.6 Å². The van der Waals surface area contributed by atoms with Crippen molar-refractivity contribution in [2.75, 3.05) is 18.1 Å². The highest BCUT2D eigenvalue weighted by Crippen LogP contribution is 2.34. The molecule has 2 aromatic carbocycles. The van der Waals surface area contributed by atoms with Gasteiger partial charge in [-0.15, -0.1) is 0 Å². The summed E-state index contributed by atoms with van der Waals surface area (Å²) in [5.41, 5.74) is 0.862. The maximum absolute atomic E-state index is 13.1. The van der Waals surface area contributed by atoms with Crippen molar-refractivity contribution >= 4 is 49.7 Å². The molecular weight excluding hydrogens is 460 g/mol. The maximum Gasteiger partial charge on any atom is 0.414 e. The Morgan fingerprint density at radius 2 is 1.82 bits per heavy atom. The number of anilines is 1. The molecule has 0 spiro atoms. The predicted molar refractivity (Wildman–Crippen MR) is 127 cm³/mol. The van der Waals surface area contributed by atoms with Gasteiger partial charge in [0, 0.05) is 22.5 Å². The summed E-state index contributed by atoms with van der Waals surface area (Å²) in [6, 6.07) is 8.80. The number of hydrogen-bond acceptors (Lipinski definition) is 7. The second-order valence-electron chi connectivity index (χ2n) is 9.58. The number of esters is 1. The highest BCUT2D eigenvalue weighted by atomic mass is 32.2. The summed E-state index contributed by atoms with van der Waals surface area (Å²) in [6.45, 7) is 9.46. The van der Waals surface area contributed by atoms with E-state index in [1.807, 2.05) is 6.07 Å². The number of hydrogen-bond donors (Lipinski definition) is 1. The summed E-state index contributed by atoms with van der Waals surface area (Å²) < 4.78 is 45.0. The Kier molecular flexibility index (Phi) is 6.07. The lowest BCUT2D eigenvalue weighted by atomic mass is 10.1. The summed E-state index contributed by atoms with van der Waals surface area (Å²) in [5, 5.41) is 1.45. The highest BCUT2D eigenvalue weighted by molar-refractivity contribution is 7.89. The van der Waals surface area contributed by atoms with Gasteiger partial charge in [-0.2, -0.15) is 4.72 Å². The molecule has 0 aliphatic carbocycles. The molecule has 3 aromatic rings. The second-order valence-corrected chi connectivity index (χ2v) is 11.3. The molecule has 182 valence electrons. The Hall–Kier alpha value is -3.11. The Morgan fingerprint density at radius 1 is 1.09 bits per heavy atom. The van der Waals surface area contributed by atoms with E-state index in [-0.39, 0.29) is 10.8 Å². The number of nitrogens with one attached hydrogen (secondary N) is 1. The zero-order chi connectivity index (χ0) is 24.8. The number of carbonyl (C=O) groups excluding carboxylic acids is 2. The summed E-state index contributed by atoms with van der Waals surface area (Å²) in [6.07, 6.45) is -0.406. The van der Waals surface area contributed by atoms with Gasteiger partial charge >= 0.3 is 12.1 Å². The van der Waals surface area contributed by atoms with Crippen molar-refractivity contribution in [3.05, 3.63) is 36.4 Å². The molecule has 9 nitrogen and oxygen atoms in total. The Bertz CT molecular complexity index is 1370. The molecule has 1 aliphatic heterocycles. The number of benzene rings is 2. The number of sulfonamides is 1. The predicted octanol–water partition coefficient (Wildman–Crippen LogP) is 4.19. The number of rotatable bonds is 6. The van der Waals surface area contributed by atoms with Crippen LogP contribution < -0.4 is 9.62 Å². The first-order chi connectivity index (χ1) is 15.9. The SMILES string of the molecule is CC(C)[C@H](NS(=O)(=O)c1ccc2c(c1)oc1ccc(N3CCOC3=O)cc12)C(=O)OC(C)(C)C. The van der Waals surface area contributed by atoms with Crippen LogP contribution in [-0.4, -0.2) is 45.3 Å². The third-order valence-electron chi connectivity index (χ3n) is 5.42. The number of cyclic esters (lactones) is 1. The molecule has 1 amide bonds. The van der Waals surface area contributed by atoms with E-state index >= 15 is 0 Å². The van der Waals surface area contributed by atoms with Gasteiger partial charge in [-0.25, -0.2) is 13.2 Å². The summed E-state index contributed by atoms with van der Waals surface area (Å²) in [4.78, 5) is 26.0. The fourth-order valence-electron chi connectivity index (χ4n) is 3.77. The number of carbonyl (C=O) groups is 2. The average molecular weight is 489 g/mol. The van der Waals surface area contributed by atoms with Gasteiger partial charge in [0.15, 0.2) is 0 Å². The lowest BCUT2D eigenvalue weighted by Gasteiger charge is -2.26. The molecule has 0 saturated carbocycles. The molecule has 0 unspecified atom stereocenters. The van der Waals surface area contributed by atoms with Crippen LogP contribution in [0.15, 0.2) is 45.7 Å². The van der Waals surface area contributed by atoms with Crippen LogP contribution in [0, 0.1) is 5.92 Å². The van der Waals surface area contributed by atoms with Crippen molar-refractivity contribution in [3.8, 4) is 0 Å². The Balaban J connectivity index is 1.66. The number of nitrogens with zero attached hydrogens (tertiary/aromatic N) is 1. The first-order valence-corrected chi connectivity index (χ1v) is 12.5. The van der Waals surface area contributed by atoms with Gasteiger partial charge in [-0.3, -0.25) is 9.69 Å². The largest absolute Gasteiger partial charge is 0.459 e. The molecule has 1 aliphatic rings. The number of amides is 1. The fourth-order valence-corrected chi connectivity index (χ4v) is 5.11. The zero-order valence-corrected chi connectivity index (χ0v) is 20.6. The van der Waals surface area contributed by atoms with Crippen LogP contribution in [-0.2, 0) is 24.3 Å². The lowest BCUT2D eigenvalue weighted by Crippen LogP contribution is -2.47. The van der Waals surface area contributed by atoms with Crippen molar-refractivity contribution in [3.63, 3.8) is 0 Å². The van der Waals surface area contributed by atoms with Crippen molar-refractivity contribution in [2.45, 2.75) is 51.2 Å². The van der Waals surface area contributed by atoms with Crippen LogP contribution in [0.4, 0.5) is 10.5 Å². The number of ether oxygens (including phenoxy) is 2. The van der Waals surface area contributed by atoms with Crippen LogP contribution in [0.2, 0.25) is 0 Å². The minimum absolute atomic E-state index is 0.0309. The van der Waals surface area contributed by atoms with Crippen molar-refractivity contribution < 1.29 is 31.9 Å². The monoisotopic (exact) mass is 488 g/mol. The van der Waals surface area contributed by atoms with E-state index in [1.165, 1.54) is 17.0 Å². The topological polar surface area (TPSA) is 115 Å². The van der Waals surface area contributed by atoms with E-state index in [9.17, 15) is 18.0 Å². The van der Waals surface area contributed by atoms with E-state index in [4.69, 9.17) is 13.9 Å². The number of furan rings is 1. The second kappa shape index (κ2) is 8.59. The normalized spacial score (nSPS) is 15.8. The molecule has 0 bridgehead atoms. The molecule has 1 N–H and O–H groups in total. The third-order valence-corrected chi connectivity index (χ3v) is 6.86. The molecule has 1 aromatic heterocycles. The van der Waals surface area contributed by atoms with Crippen LogP contribution in [0.5, 0.6) is 0 Å². The van der Waals surface area contributed by atoms with Gasteiger partial charge in [-0.05, 0) is 57.0 Å². The van der Waals surface area contributed by atoms with Gasteiger partial charge in [0.2, 0.25) is 10.0 Å². The van der Waals surface area contributed by atoms with Gasteiger partial charge in [0.1, 0.15) is 29.4 Å². The molecule has 2 heterocycles. The van der Waals surface area contributed by atoms with E-state index in [2.05, 4.69) is 4.72 Å². The number of fused-ring (bicyclic) bond motifs is 3. The molecular formula is C24H28N2O7S. The van der Waals surface area contributed by atoms with Gasteiger partial charge in [0.05, 0.1) is 11.4 Å². The Labute approximate surface area is 198 Å². The van der Waals surface area contributed by atoms with Crippen LogP contribution >= 0.6 is 0 Å². The third kappa shape index (κ3) is 4.74. The van der Waals surface area contributed by atoms with E-state index in [0.29, 0.717) is 35.4 Å². The first-order valence-electron chi connectivity index (χ1n) is 11.0. The minimum atomic E-state index is -4.04. The Morgan fingerprint density at radius 3 is 2.44 bits per heavy atom. The van der Waals surface area contributed by atoms with Crippen molar-refractivity contribution in [2.24, 2.45) is 5.92 Å². The summed E-state index contributed by atoms with van der Waals surface area (Å²) in [7, 11) is -4.04. The fraction of sp³-hybridized carbons (Fsp3) is 0.417. The maximum atomic E-state index is 13.1. The summed E-state index contributed by atoms with van der Waals surface area (Å²) >= 11 is 0. The average Bonchev–Trinajstić information content (AvgIpc) is 3.32. The van der Waals surface area contributed by atoms with Gasteiger partial charge in [0.25, 0.3) is 0 Å². The van der Waals surface area contributed by atoms with Gasteiger partial charge in [-0.1, -0.05) is 13.8 Å².